The number of rotatable bonds is 8. The summed E-state index contributed by atoms with van der Waals surface area (Å²) in [5, 5.41) is 24.2. The third-order valence-electron chi connectivity index (χ3n) is 5.98. The van der Waals surface area contributed by atoms with Crippen LogP contribution in [0, 0.1) is 0 Å². The average Bonchev–Trinajstić information content (AvgIpc) is 3.64. The molecule has 0 amide bonds. The Morgan fingerprint density at radius 1 is 0.909 bits per heavy atom. The summed E-state index contributed by atoms with van der Waals surface area (Å²) in [6, 6.07) is 8.13. The number of aromatic nitrogens is 8. The molecule has 10 heteroatoms. The molecule has 1 saturated heterocycles. The normalized spacial score (nSPS) is 16.8. The SMILES string of the molecule is CCC[C@H](NC)c1ncc(-c2ccc(-c3ccc(-c4cnc([C@@H]5CCCN5)[nH]4)nn3)nn2)[nH]1. The van der Waals surface area contributed by atoms with Crippen LogP contribution in [-0.4, -0.2) is 53.9 Å². The maximum absolute atomic E-state index is 4.51. The Morgan fingerprint density at radius 3 is 2.12 bits per heavy atom. The van der Waals surface area contributed by atoms with Crippen molar-refractivity contribution in [3.05, 3.63) is 48.3 Å². The zero-order chi connectivity index (χ0) is 22.6. The van der Waals surface area contributed by atoms with E-state index in [0.29, 0.717) is 17.4 Å². The molecule has 2 atom stereocenters. The number of nitrogens with one attached hydrogen (secondary N) is 4. The van der Waals surface area contributed by atoms with Gasteiger partial charge in [0.25, 0.3) is 0 Å². The first-order valence-electron chi connectivity index (χ1n) is 11.4. The highest BCUT2D eigenvalue weighted by atomic mass is 15.2. The van der Waals surface area contributed by atoms with Crippen molar-refractivity contribution >= 4 is 0 Å². The van der Waals surface area contributed by atoms with Crippen LogP contribution in [0.25, 0.3) is 34.2 Å². The summed E-state index contributed by atoms with van der Waals surface area (Å²) in [4.78, 5) is 15.7. The summed E-state index contributed by atoms with van der Waals surface area (Å²) < 4.78 is 0. The van der Waals surface area contributed by atoms with Gasteiger partial charge in [0.15, 0.2) is 0 Å². The van der Waals surface area contributed by atoms with Crippen molar-refractivity contribution in [1.82, 2.24) is 51.0 Å². The highest BCUT2D eigenvalue weighted by molar-refractivity contribution is 5.60. The van der Waals surface area contributed by atoms with Gasteiger partial charge in [0.1, 0.15) is 34.4 Å². The molecule has 1 aliphatic heterocycles. The lowest BCUT2D eigenvalue weighted by Crippen LogP contribution is -2.17. The minimum Gasteiger partial charge on any atom is -0.339 e. The van der Waals surface area contributed by atoms with Crippen molar-refractivity contribution in [1.29, 1.82) is 0 Å². The molecule has 0 spiro atoms. The van der Waals surface area contributed by atoms with Gasteiger partial charge in [-0.15, -0.1) is 20.4 Å². The number of hydrogen-bond donors (Lipinski definition) is 4. The second-order valence-corrected chi connectivity index (χ2v) is 8.25. The van der Waals surface area contributed by atoms with E-state index in [4.69, 9.17) is 0 Å². The predicted octanol–water partition coefficient (Wildman–Crippen LogP) is 3.20. The Hall–Kier alpha value is -3.50. The maximum atomic E-state index is 4.51. The van der Waals surface area contributed by atoms with Crippen molar-refractivity contribution < 1.29 is 0 Å². The molecular formula is C23H28N10. The topological polar surface area (TPSA) is 133 Å². The van der Waals surface area contributed by atoms with E-state index in [2.05, 4.69) is 57.9 Å². The second-order valence-electron chi connectivity index (χ2n) is 8.25. The number of H-pyrrole nitrogens is 2. The molecule has 4 N–H and O–H groups in total. The van der Waals surface area contributed by atoms with Gasteiger partial charge in [-0.05, 0) is 57.1 Å². The second kappa shape index (κ2) is 9.55. The third kappa shape index (κ3) is 4.53. The molecule has 5 rings (SSSR count). The van der Waals surface area contributed by atoms with Gasteiger partial charge in [-0.1, -0.05) is 13.3 Å². The molecule has 0 saturated carbocycles. The molecular weight excluding hydrogens is 416 g/mol. The van der Waals surface area contributed by atoms with Crippen LogP contribution in [0.2, 0.25) is 0 Å². The standard InChI is InChI=1S/C23H28N10/c1-3-5-18(24-2)22-26-12-20(28-22)16-9-7-14(30-32-16)15-8-10-17(33-31-15)21-13-27-23(29-21)19-6-4-11-25-19/h7-10,12-13,18-19,24-25H,3-6,11H2,1-2H3,(H,26,28)(H,27,29)/t18-,19-/m0/s1. The van der Waals surface area contributed by atoms with Gasteiger partial charge < -0.3 is 20.6 Å². The zero-order valence-electron chi connectivity index (χ0n) is 18.8. The summed E-state index contributed by atoms with van der Waals surface area (Å²) in [5.41, 5.74) is 4.51. The van der Waals surface area contributed by atoms with E-state index < -0.39 is 0 Å². The van der Waals surface area contributed by atoms with Crippen LogP contribution in [0.3, 0.4) is 0 Å². The summed E-state index contributed by atoms with van der Waals surface area (Å²) in [7, 11) is 1.95. The van der Waals surface area contributed by atoms with Crippen LogP contribution in [-0.2, 0) is 0 Å². The van der Waals surface area contributed by atoms with Gasteiger partial charge in [-0.2, -0.15) is 0 Å². The predicted molar refractivity (Wildman–Crippen MR) is 125 cm³/mol. The first-order chi connectivity index (χ1) is 16.2. The first kappa shape index (κ1) is 21.4. The van der Waals surface area contributed by atoms with E-state index in [9.17, 15) is 0 Å². The molecule has 0 bridgehead atoms. The highest BCUT2D eigenvalue weighted by Gasteiger charge is 2.19. The summed E-state index contributed by atoms with van der Waals surface area (Å²) >= 11 is 0. The number of hydrogen-bond acceptors (Lipinski definition) is 8. The highest BCUT2D eigenvalue weighted by Crippen LogP contribution is 2.24. The van der Waals surface area contributed by atoms with Crippen LogP contribution >= 0.6 is 0 Å². The zero-order valence-corrected chi connectivity index (χ0v) is 18.8. The molecule has 5 heterocycles. The van der Waals surface area contributed by atoms with Crippen LogP contribution in [0.1, 0.15) is 56.3 Å². The lowest BCUT2D eigenvalue weighted by molar-refractivity contribution is 0.518. The minimum atomic E-state index is 0.199. The Balaban J connectivity index is 1.29. The third-order valence-corrected chi connectivity index (χ3v) is 5.98. The van der Waals surface area contributed by atoms with E-state index >= 15 is 0 Å². The first-order valence-corrected chi connectivity index (χ1v) is 11.4. The van der Waals surface area contributed by atoms with E-state index in [1.165, 1.54) is 6.42 Å². The largest absolute Gasteiger partial charge is 0.339 e. The molecule has 4 aromatic rings. The van der Waals surface area contributed by atoms with Gasteiger partial charge in [-0.25, -0.2) is 9.97 Å². The molecule has 0 aliphatic carbocycles. The smallest absolute Gasteiger partial charge is 0.123 e. The summed E-state index contributed by atoms with van der Waals surface area (Å²) in [5.74, 6) is 1.86. The van der Waals surface area contributed by atoms with Crippen LogP contribution < -0.4 is 10.6 Å². The Labute approximate surface area is 192 Å². The van der Waals surface area contributed by atoms with Crippen molar-refractivity contribution in [2.45, 2.75) is 44.7 Å². The van der Waals surface area contributed by atoms with Crippen molar-refractivity contribution in [3.63, 3.8) is 0 Å². The average molecular weight is 445 g/mol. The monoisotopic (exact) mass is 444 g/mol. The lowest BCUT2D eigenvalue weighted by Gasteiger charge is -2.11. The van der Waals surface area contributed by atoms with E-state index in [0.717, 1.165) is 60.2 Å². The van der Waals surface area contributed by atoms with E-state index in [1.54, 1.807) is 6.20 Å². The Morgan fingerprint density at radius 2 is 1.55 bits per heavy atom. The van der Waals surface area contributed by atoms with E-state index in [-0.39, 0.29) is 6.04 Å². The quantitative estimate of drug-likeness (QED) is 0.326. The molecule has 0 radical (unpaired) electrons. The summed E-state index contributed by atoms with van der Waals surface area (Å²) in [6.45, 7) is 3.19. The van der Waals surface area contributed by atoms with Crippen LogP contribution in [0.15, 0.2) is 36.7 Å². The van der Waals surface area contributed by atoms with Crippen molar-refractivity contribution in [2.24, 2.45) is 0 Å². The molecule has 10 nitrogen and oxygen atoms in total. The molecule has 1 aliphatic rings. The minimum absolute atomic E-state index is 0.199. The van der Waals surface area contributed by atoms with Gasteiger partial charge in [-0.3, -0.25) is 0 Å². The molecule has 0 unspecified atom stereocenters. The van der Waals surface area contributed by atoms with Crippen molar-refractivity contribution in [3.8, 4) is 34.2 Å². The molecule has 1 fully saturated rings. The molecule has 4 aromatic heterocycles. The van der Waals surface area contributed by atoms with Gasteiger partial charge in [0.05, 0.1) is 35.9 Å². The number of aromatic amines is 2. The van der Waals surface area contributed by atoms with Gasteiger partial charge >= 0.3 is 0 Å². The molecule has 0 aromatic carbocycles. The van der Waals surface area contributed by atoms with E-state index in [1.807, 2.05) is 37.5 Å². The number of nitrogens with zero attached hydrogens (tertiary/aromatic N) is 6. The van der Waals surface area contributed by atoms with Gasteiger partial charge in [0.2, 0.25) is 0 Å². The number of imidazole rings is 2. The Kier molecular flexibility index (Phi) is 6.18. The maximum Gasteiger partial charge on any atom is 0.123 e. The fraction of sp³-hybridized carbons (Fsp3) is 0.391. The molecule has 170 valence electrons. The van der Waals surface area contributed by atoms with Crippen LogP contribution in [0.5, 0.6) is 0 Å². The van der Waals surface area contributed by atoms with Gasteiger partial charge in [0, 0.05) is 0 Å². The Bertz CT molecular complexity index is 1170. The van der Waals surface area contributed by atoms with Crippen LogP contribution in [0.4, 0.5) is 0 Å². The fourth-order valence-electron chi connectivity index (χ4n) is 4.14. The lowest BCUT2D eigenvalue weighted by atomic mass is 10.1. The fourth-order valence-corrected chi connectivity index (χ4v) is 4.14. The molecule has 33 heavy (non-hydrogen) atoms. The summed E-state index contributed by atoms with van der Waals surface area (Å²) in [6.07, 6.45) is 7.97. The van der Waals surface area contributed by atoms with Crippen molar-refractivity contribution in [2.75, 3.05) is 13.6 Å².